The van der Waals surface area contributed by atoms with Crippen LogP contribution >= 0.6 is 11.8 Å². The first-order valence-electron chi connectivity index (χ1n) is 10.0. The van der Waals surface area contributed by atoms with Gasteiger partial charge in [-0.15, -0.1) is 10.2 Å². The number of thioether (sulfide) groups is 1. The van der Waals surface area contributed by atoms with Crippen molar-refractivity contribution in [1.29, 1.82) is 0 Å². The number of non-ortho nitro benzene ring substituents is 1. The van der Waals surface area contributed by atoms with Gasteiger partial charge < -0.3 is 14.5 Å². The lowest BCUT2D eigenvalue weighted by atomic mass is 10.0. The van der Waals surface area contributed by atoms with Gasteiger partial charge in [-0.1, -0.05) is 11.8 Å². The van der Waals surface area contributed by atoms with Crippen molar-refractivity contribution in [3.8, 4) is 0 Å². The summed E-state index contributed by atoms with van der Waals surface area (Å²) in [5, 5.41) is 20.4. The van der Waals surface area contributed by atoms with Gasteiger partial charge >= 0.3 is 0 Å². The van der Waals surface area contributed by atoms with E-state index in [-0.39, 0.29) is 17.3 Å². The first-order chi connectivity index (χ1) is 14.6. The van der Waals surface area contributed by atoms with Crippen LogP contribution < -0.4 is 9.80 Å². The van der Waals surface area contributed by atoms with Crippen molar-refractivity contribution in [2.24, 2.45) is 0 Å². The molecule has 0 saturated carbocycles. The quantitative estimate of drug-likeness (QED) is 0.388. The van der Waals surface area contributed by atoms with E-state index in [0.29, 0.717) is 31.5 Å². The maximum Gasteiger partial charge on any atom is 0.269 e. The number of hydrogen-bond acceptors (Lipinski definition) is 8. The fourth-order valence-corrected chi connectivity index (χ4v) is 4.70. The van der Waals surface area contributed by atoms with E-state index in [1.54, 1.807) is 17.0 Å². The Morgan fingerprint density at radius 2 is 2.07 bits per heavy atom. The van der Waals surface area contributed by atoms with Crippen molar-refractivity contribution in [2.75, 3.05) is 48.4 Å². The highest BCUT2D eigenvalue weighted by Gasteiger charge is 2.26. The number of rotatable bonds is 6. The van der Waals surface area contributed by atoms with E-state index in [0.717, 1.165) is 43.1 Å². The van der Waals surface area contributed by atoms with Crippen molar-refractivity contribution >= 4 is 35.0 Å². The van der Waals surface area contributed by atoms with Crippen LogP contribution in [0.4, 0.5) is 17.3 Å². The lowest BCUT2D eigenvalue weighted by Crippen LogP contribution is -2.38. The highest BCUT2D eigenvalue weighted by molar-refractivity contribution is 7.99. The van der Waals surface area contributed by atoms with E-state index in [1.165, 1.54) is 17.8 Å². The monoisotopic (exact) mass is 432 g/mol. The van der Waals surface area contributed by atoms with E-state index >= 15 is 0 Å². The highest BCUT2D eigenvalue weighted by atomic mass is 32.2. The van der Waals surface area contributed by atoms with E-state index in [1.807, 2.05) is 11.5 Å². The summed E-state index contributed by atoms with van der Waals surface area (Å²) in [6, 6.07) is 4.71. The minimum Gasteiger partial charge on any atom is -0.378 e. The topological polar surface area (TPSA) is 107 Å². The number of benzene rings is 1. The van der Waals surface area contributed by atoms with Crippen LogP contribution in [0.5, 0.6) is 0 Å². The summed E-state index contributed by atoms with van der Waals surface area (Å²) in [5.41, 5.74) is 1.67. The number of carbonyl (C=O) groups is 1. The van der Waals surface area contributed by atoms with Gasteiger partial charge in [-0.2, -0.15) is 0 Å². The number of aromatic nitrogens is 3. The predicted octanol–water partition coefficient (Wildman–Crippen LogP) is 2.11. The summed E-state index contributed by atoms with van der Waals surface area (Å²) in [6.45, 7) is 6.26. The molecule has 0 spiro atoms. The van der Waals surface area contributed by atoms with E-state index in [4.69, 9.17) is 4.74 Å². The fourth-order valence-electron chi connectivity index (χ4n) is 3.82. The number of anilines is 2. The average Bonchev–Trinajstić information content (AvgIpc) is 3.20. The van der Waals surface area contributed by atoms with Crippen molar-refractivity contribution in [2.45, 2.75) is 31.5 Å². The molecule has 0 aliphatic carbocycles. The van der Waals surface area contributed by atoms with Gasteiger partial charge in [0.2, 0.25) is 11.9 Å². The molecule has 0 bridgehead atoms. The van der Waals surface area contributed by atoms with Crippen LogP contribution in [0, 0.1) is 10.1 Å². The molecule has 0 radical (unpaired) electrons. The molecule has 0 unspecified atom stereocenters. The number of morpholine rings is 1. The van der Waals surface area contributed by atoms with Crippen LogP contribution in [0.2, 0.25) is 0 Å². The molecular weight excluding hydrogens is 408 g/mol. The van der Waals surface area contributed by atoms with E-state index in [9.17, 15) is 14.9 Å². The van der Waals surface area contributed by atoms with Gasteiger partial charge in [-0.25, -0.2) is 0 Å². The Balaban J connectivity index is 1.46. The zero-order valence-electron chi connectivity index (χ0n) is 16.8. The second kappa shape index (κ2) is 9.00. The number of hydrogen-bond donors (Lipinski definition) is 0. The third kappa shape index (κ3) is 4.12. The fraction of sp³-hybridized carbons (Fsp3) is 0.526. The van der Waals surface area contributed by atoms with Crippen LogP contribution in [0.25, 0.3) is 0 Å². The second-order valence-electron chi connectivity index (χ2n) is 7.13. The number of amides is 1. The minimum absolute atomic E-state index is 0.0339. The number of fused-ring (bicyclic) bond motifs is 1. The third-order valence-corrected chi connectivity index (χ3v) is 6.28. The Hall–Kier alpha value is -2.66. The van der Waals surface area contributed by atoms with Gasteiger partial charge in [-0.3, -0.25) is 19.5 Å². The van der Waals surface area contributed by atoms with Crippen molar-refractivity contribution in [3.05, 3.63) is 33.9 Å². The molecule has 2 aliphatic rings. The SMILES string of the molecule is CCn1c(SCC(=O)N2CCCc3cc([N+](=O)[O-])ccc32)nnc1N1CCOCC1. The molecule has 30 heavy (non-hydrogen) atoms. The molecule has 2 aromatic rings. The number of nitro groups is 1. The second-order valence-corrected chi connectivity index (χ2v) is 8.08. The van der Waals surface area contributed by atoms with Gasteiger partial charge in [0.05, 0.1) is 23.9 Å². The third-order valence-electron chi connectivity index (χ3n) is 5.33. The van der Waals surface area contributed by atoms with Crippen LogP contribution in [0.1, 0.15) is 18.9 Å². The Kier molecular flexibility index (Phi) is 6.18. The molecule has 160 valence electrons. The van der Waals surface area contributed by atoms with E-state index < -0.39 is 4.92 Å². The summed E-state index contributed by atoms with van der Waals surface area (Å²) in [7, 11) is 0. The van der Waals surface area contributed by atoms with Gasteiger partial charge in [-0.05, 0) is 31.4 Å². The molecule has 2 aliphatic heterocycles. The van der Waals surface area contributed by atoms with Crippen LogP contribution in [0.3, 0.4) is 0 Å². The summed E-state index contributed by atoms with van der Waals surface area (Å²) in [5.74, 6) is 1.01. The van der Waals surface area contributed by atoms with Crippen LogP contribution in [0.15, 0.2) is 23.4 Å². The van der Waals surface area contributed by atoms with Gasteiger partial charge in [0.25, 0.3) is 5.69 Å². The first-order valence-corrected chi connectivity index (χ1v) is 11.0. The Morgan fingerprint density at radius 3 is 2.80 bits per heavy atom. The minimum atomic E-state index is -0.402. The number of nitro benzene ring substituents is 1. The first kappa shape index (κ1) is 20.6. The lowest BCUT2D eigenvalue weighted by molar-refractivity contribution is -0.384. The molecule has 11 heteroatoms. The largest absolute Gasteiger partial charge is 0.378 e. The predicted molar refractivity (Wildman–Crippen MR) is 113 cm³/mol. The van der Waals surface area contributed by atoms with Crippen LogP contribution in [-0.4, -0.2) is 64.2 Å². The van der Waals surface area contributed by atoms with Gasteiger partial charge in [0, 0.05) is 44.0 Å². The normalized spacial score (nSPS) is 16.4. The zero-order valence-corrected chi connectivity index (χ0v) is 17.6. The number of ether oxygens (including phenoxy) is 1. The number of aryl methyl sites for hydroxylation is 1. The number of carbonyl (C=O) groups excluding carboxylic acids is 1. The Bertz CT molecular complexity index is 943. The maximum absolute atomic E-state index is 12.9. The van der Waals surface area contributed by atoms with Crippen molar-refractivity contribution in [1.82, 2.24) is 14.8 Å². The van der Waals surface area contributed by atoms with Gasteiger partial charge in [0.15, 0.2) is 5.16 Å². The molecule has 0 N–H and O–H groups in total. The molecule has 4 rings (SSSR count). The smallest absolute Gasteiger partial charge is 0.269 e. The molecule has 1 saturated heterocycles. The summed E-state index contributed by atoms with van der Waals surface area (Å²) < 4.78 is 7.43. The standard InChI is InChI=1S/C19H24N6O4S/c1-2-23-18(22-8-10-29-11-9-22)20-21-19(23)30-13-17(26)24-7-3-4-14-12-15(25(27)28)5-6-16(14)24/h5-6,12H,2-4,7-11,13H2,1H3. The lowest BCUT2D eigenvalue weighted by Gasteiger charge is -2.29. The number of nitrogens with zero attached hydrogens (tertiary/aromatic N) is 6. The molecule has 1 aromatic carbocycles. The average molecular weight is 433 g/mol. The Morgan fingerprint density at radius 1 is 1.27 bits per heavy atom. The summed E-state index contributed by atoms with van der Waals surface area (Å²) >= 11 is 1.37. The molecule has 1 amide bonds. The molecule has 1 fully saturated rings. The van der Waals surface area contributed by atoms with Crippen LogP contribution in [-0.2, 0) is 22.5 Å². The summed E-state index contributed by atoms with van der Waals surface area (Å²) in [6.07, 6.45) is 1.53. The highest BCUT2D eigenvalue weighted by Crippen LogP contribution is 2.31. The molecule has 0 atom stereocenters. The van der Waals surface area contributed by atoms with Crippen molar-refractivity contribution < 1.29 is 14.5 Å². The molecule has 3 heterocycles. The molecular formula is C19H24N6O4S. The Labute approximate surface area is 178 Å². The molecule has 10 nitrogen and oxygen atoms in total. The van der Waals surface area contributed by atoms with E-state index in [2.05, 4.69) is 15.1 Å². The summed E-state index contributed by atoms with van der Waals surface area (Å²) in [4.78, 5) is 27.5. The zero-order chi connectivity index (χ0) is 21.1. The van der Waals surface area contributed by atoms with Gasteiger partial charge in [0.1, 0.15) is 0 Å². The van der Waals surface area contributed by atoms with Crippen molar-refractivity contribution in [3.63, 3.8) is 0 Å². The molecule has 1 aromatic heterocycles. The maximum atomic E-state index is 12.9.